The lowest BCUT2D eigenvalue weighted by Crippen LogP contribution is -2.15. The molecular formula is C9H13NO. The van der Waals surface area contributed by atoms with Crippen molar-refractivity contribution in [2.75, 3.05) is 13.1 Å². The molecule has 2 saturated carbocycles. The summed E-state index contributed by atoms with van der Waals surface area (Å²) in [6.45, 7) is 2.07. The molecule has 3 fully saturated rings. The van der Waals surface area contributed by atoms with E-state index < -0.39 is 0 Å². The largest absolute Gasteiger partial charge is 0.339 e. The first-order valence-electron chi connectivity index (χ1n) is 4.67. The van der Waals surface area contributed by atoms with Crippen molar-refractivity contribution in [2.24, 2.45) is 17.8 Å². The maximum atomic E-state index is 11.5. The summed E-state index contributed by atoms with van der Waals surface area (Å²) in [7, 11) is 0. The summed E-state index contributed by atoms with van der Waals surface area (Å²) in [5.41, 5.74) is 0. The van der Waals surface area contributed by atoms with Crippen molar-refractivity contribution in [1.29, 1.82) is 0 Å². The van der Waals surface area contributed by atoms with E-state index in [0.717, 1.165) is 24.9 Å². The number of fused-ring (bicyclic) bond motifs is 1. The van der Waals surface area contributed by atoms with Gasteiger partial charge in [-0.1, -0.05) is 6.42 Å². The zero-order valence-electron chi connectivity index (χ0n) is 6.62. The molecule has 0 spiro atoms. The Balaban J connectivity index is 1.69. The van der Waals surface area contributed by atoms with Crippen LogP contribution in [-0.2, 0) is 4.79 Å². The number of hydrogen-bond acceptors (Lipinski definition) is 1. The summed E-state index contributed by atoms with van der Waals surface area (Å²) >= 11 is 0. The lowest BCUT2D eigenvalue weighted by atomic mass is 10.1. The smallest absolute Gasteiger partial charge is 0.226 e. The second kappa shape index (κ2) is 1.79. The van der Waals surface area contributed by atoms with E-state index in [0.29, 0.717) is 11.8 Å². The highest BCUT2D eigenvalue weighted by Gasteiger charge is 2.58. The third kappa shape index (κ3) is 0.754. The van der Waals surface area contributed by atoms with E-state index >= 15 is 0 Å². The van der Waals surface area contributed by atoms with Gasteiger partial charge in [-0.2, -0.15) is 0 Å². The molecule has 2 nitrogen and oxygen atoms in total. The predicted octanol–water partition coefficient (Wildman–Crippen LogP) is 0.875. The molecule has 2 atom stereocenters. The van der Waals surface area contributed by atoms with Gasteiger partial charge in [0.25, 0.3) is 0 Å². The van der Waals surface area contributed by atoms with Crippen LogP contribution in [0.4, 0.5) is 0 Å². The van der Waals surface area contributed by atoms with Gasteiger partial charge in [0, 0.05) is 19.0 Å². The number of amides is 1. The predicted molar refractivity (Wildman–Crippen MR) is 40.9 cm³/mol. The van der Waals surface area contributed by atoms with Crippen LogP contribution in [0.25, 0.3) is 0 Å². The van der Waals surface area contributed by atoms with Gasteiger partial charge in [-0.3, -0.25) is 4.79 Å². The van der Waals surface area contributed by atoms with Crippen molar-refractivity contribution in [1.82, 2.24) is 4.90 Å². The van der Waals surface area contributed by atoms with E-state index in [4.69, 9.17) is 0 Å². The highest BCUT2D eigenvalue weighted by molar-refractivity contribution is 5.84. The highest BCUT2D eigenvalue weighted by atomic mass is 16.2. The molecule has 0 aromatic rings. The molecule has 0 aromatic carbocycles. The molecule has 3 rings (SSSR count). The van der Waals surface area contributed by atoms with E-state index in [1.165, 1.54) is 19.3 Å². The molecule has 0 bridgehead atoms. The molecule has 2 heteroatoms. The van der Waals surface area contributed by atoms with Gasteiger partial charge in [0.2, 0.25) is 5.91 Å². The Morgan fingerprint density at radius 2 is 1.82 bits per heavy atom. The van der Waals surface area contributed by atoms with Crippen molar-refractivity contribution >= 4 is 5.91 Å². The van der Waals surface area contributed by atoms with Crippen molar-refractivity contribution in [3.05, 3.63) is 0 Å². The van der Waals surface area contributed by atoms with E-state index in [-0.39, 0.29) is 0 Å². The topological polar surface area (TPSA) is 20.1 Å². The van der Waals surface area contributed by atoms with E-state index in [2.05, 4.69) is 0 Å². The zero-order chi connectivity index (χ0) is 7.42. The van der Waals surface area contributed by atoms with Gasteiger partial charge in [0.1, 0.15) is 0 Å². The average Bonchev–Trinajstić information content (AvgIpc) is 2.91. The fourth-order valence-corrected chi connectivity index (χ4v) is 2.67. The van der Waals surface area contributed by atoms with Gasteiger partial charge in [-0.25, -0.2) is 0 Å². The summed E-state index contributed by atoms with van der Waals surface area (Å²) in [6, 6.07) is 0. The standard InChI is InChI=1S/C9H13NO/c11-9(10-4-5-10)8-6-2-1-3-7(6)8/h6-8H,1-5H2. The number of carbonyl (C=O) groups is 1. The first-order chi connectivity index (χ1) is 5.38. The molecule has 0 radical (unpaired) electrons. The van der Waals surface area contributed by atoms with E-state index in [9.17, 15) is 4.79 Å². The second-order valence-corrected chi connectivity index (χ2v) is 4.11. The molecule has 11 heavy (non-hydrogen) atoms. The average molecular weight is 151 g/mol. The molecular weight excluding hydrogens is 138 g/mol. The Kier molecular flexibility index (Phi) is 0.984. The van der Waals surface area contributed by atoms with Crippen LogP contribution < -0.4 is 0 Å². The second-order valence-electron chi connectivity index (χ2n) is 4.11. The summed E-state index contributed by atoms with van der Waals surface area (Å²) in [5, 5.41) is 0. The molecule has 1 aliphatic heterocycles. The fourth-order valence-electron chi connectivity index (χ4n) is 2.67. The van der Waals surface area contributed by atoms with Gasteiger partial charge in [0.05, 0.1) is 0 Å². The minimum atomic E-state index is 0.472. The molecule has 3 aliphatic rings. The van der Waals surface area contributed by atoms with Crippen molar-refractivity contribution < 1.29 is 4.79 Å². The lowest BCUT2D eigenvalue weighted by molar-refractivity contribution is -0.127. The maximum absolute atomic E-state index is 11.5. The third-order valence-electron chi connectivity index (χ3n) is 3.45. The summed E-state index contributed by atoms with van der Waals surface area (Å²) in [4.78, 5) is 13.5. The fraction of sp³-hybridized carbons (Fsp3) is 0.889. The normalized spacial score (nSPS) is 45.5. The van der Waals surface area contributed by atoms with Crippen molar-refractivity contribution in [2.45, 2.75) is 19.3 Å². The minimum absolute atomic E-state index is 0.472. The Morgan fingerprint density at radius 3 is 2.36 bits per heavy atom. The van der Waals surface area contributed by atoms with E-state index in [1.807, 2.05) is 4.90 Å². The molecule has 2 aliphatic carbocycles. The Labute approximate surface area is 66.6 Å². The molecule has 0 N–H and O–H groups in total. The van der Waals surface area contributed by atoms with Crippen molar-refractivity contribution in [3.63, 3.8) is 0 Å². The summed E-state index contributed by atoms with van der Waals surface area (Å²) < 4.78 is 0. The molecule has 60 valence electrons. The Morgan fingerprint density at radius 1 is 1.18 bits per heavy atom. The van der Waals surface area contributed by atoms with Crippen LogP contribution >= 0.6 is 0 Å². The Bertz CT molecular complexity index is 200. The monoisotopic (exact) mass is 151 g/mol. The molecule has 0 aromatic heterocycles. The molecule has 1 heterocycles. The summed E-state index contributed by atoms with van der Waals surface area (Å²) in [5.74, 6) is 2.57. The number of hydrogen-bond donors (Lipinski definition) is 0. The number of nitrogens with zero attached hydrogens (tertiary/aromatic N) is 1. The lowest BCUT2D eigenvalue weighted by Gasteiger charge is -2.01. The molecule has 2 unspecified atom stereocenters. The van der Waals surface area contributed by atoms with Crippen LogP contribution in [-0.4, -0.2) is 23.9 Å². The van der Waals surface area contributed by atoms with Crippen LogP contribution in [0.3, 0.4) is 0 Å². The SMILES string of the molecule is O=C(C1C2CCCC21)N1CC1. The van der Waals surface area contributed by atoms with Crippen LogP contribution in [0.15, 0.2) is 0 Å². The van der Waals surface area contributed by atoms with Gasteiger partial charge in [0.15, 0.2) is 0 Å². The zero-order valence-corrected chi connectivity index (χ0v) is 6.62. The van der Waals surface area contributed by atoms with Crippen molar-refractivity contribution in [3.8, 4) is 0 Å². The maximum Gasteiger partial charge on any atom is 0.226 e. The molecule has 1 amide bonds. The Hall–Kier alpha value is -0.530. The number of carbonyl (C=O) groups excluding carboxylic acids is 1. The first kappa shape index (κ1) is 6.04. The third-order valence-corrected chi connectivity index (χ3v) is 3.45. The first-order valence-corrected chi connectivity index (χ1v) is 4.67. The minimum Gasteiger partial charge on any atom is -0.339 e. The molecule has 1 saturated heterocycles. The summed E-state index contributed by atoms with van der Waals surface area (Å²) in [6.07, 6.45) is 4.03. The van der Waals surface area contributed by atoms with Gasteiger partial charge < -0.3 is 4.90 Å². The quantitative estimate of drug-likeness (QED) is 0.509. The van der Waals surface area contributed by atoms with Crippen LogP contribution in [0.2, 0.25) is 0 Å². The number of rotatable bonds is 1. The van der Waals surface area contributed by atoms with Gasteiger partial charge in [-0.05, 0) is 24.7 Å². The van der Waals surface area contributed by atoms with Gasteiger partial charge >= 0.3 is 0 Å². The van der Waals surface area contributed by atoms with Gasteiger partial charge in [-0.15, -0.1) is 0 Å². The van der Waals surface area contributed by atoms with Crippen LogP contribution in [0.5, 0.6) is 0 Å². The highest BCUT2D eigenvalue weighted by Crippen LogP contribution is 2.58. The van der Waals surface area contributed by atoms with Crippen LogP contribution in [0, 0.1) is 17.8 Å². The van der Waals surface area contributed by atoms with E-state index in [1.54, 1.807) is 0 Å². The van der Waals surface area contributed by atoms with Crippen LogP contribution in [0.1, 0.15) is 19.3 Å².